The maximum Gasteiger partial charge on any atom is 0.360 e. The van der Waals surface area contributed by atoms with Gasteiger partial charge < -0.3 is 15.0 Å². The Hall–Kier alpha value is -1.52. The molecule has 1 aliphatic carbocycles. The highest BCUT2D eigenvalue weighted by Crippen LogP contribution is 2.41. The number of carbonyl (C=O) groups is 1. The number of aromatic nitrogens is 2. The van der Waals surface area contributed by atoms with Gasteiger partial charge in [0.2, 0.25) is 0 Å². The number of hydrogen-bond acceptors (Lipinski definition) is 4. The average molecular weight is 251 g/mol. The molecular formula is C13H21N3O2. The van der Waals surface area contributed by atoms with E-state index >= 15 is 0 Å². The quantitative estimate of drug-likeness (QED) is 0.836. The highest BCUT2D eigenvalue weighted by Gasteiger charge is 2.33. The van der Waals surface area contributed by atoms with Gasteiger partial charge in [0.15, 0.2) is 5.69 Å². The lowest BCUT2D eigenvalue weighted by molar-refractivity contribution is 0.0521. The predicted octanol–water partition coefficient (Wildman–Crippen LogP) is 2.25. The Labute approximate surface area is 107 Å². The zero-order valence-corrected chi connectivity index (χ0v) is 11.2. The minimum atomic E-state index is -0.438. The second-order valence-electron chi connectivity index (χ2n) is 5.09. The van der Waals surface area contributed by atoms with Crippen LogP contribution in [0.4, 0.5) is 5.82 Å². The Morgan fingerprint density at radius 2 is 2.28 bits per heavy atom. The summed E-state index contributed by atoms with van der Waals surface area (Å²) in [6, 6.07) is 0.343. The summed E-state index contributed by atoms with van der Waals surface area (Å²) < 4.78 is 6.87. The molecule has 3 atom stereocenters. The predicted molar refractivity (Wildman–Crippen MR) is 69.2 cm³/mol. The van der Waals surface area contributed by atoms with Crippen molar-refractivity contribution in [3.05, 3.63) is 12.0 Å². The minimum Gasteiger partial charge on any atom is -0.461 e. The standard InChI is InChI=1S/C13H21N3O2/c1-4-18-13(17)11-12(14)16(7-15-11)10-6-5-8(2)9(10)3/h7-10H,4-6,14H2,1-3H3. The van der Waals surface area contributed by atoms with Crippen LogP contribution < -0.4 is 5.73 Å². The molecule has 0 aliphatic heterocycles. The SMILES string of the molecule is CCOC(=O)c1ncn(C2CCC(C)C2C)c1N. The van der Waals surface area contributed by atoms with E-state index in [1.54, 1.807) is 13.3 Å². The number of anilines is 1. The summed E-state index contributed by atoms with van der Waals surface area (Å²) in [5.74, 6) is 1.23. The number of carbonyl (C=O) groups excluding carboxylic acids is 1. The molecule has 1 heterocycles. The van der Waals surface area contributed by atoms with Crippen LogP contribution >= 0.6 is 0 Å². The lowest BCUT2D eigenvalue weighted by Crippen LogP contribution is -2.17. The number of esters is 1. The maximum atomic E-state index is 11.7. The molecular weight excluding hydrogens is 230 g/mol. The van der Waals surface area contributed by atoms with Crippen molar-refractivity contribution in [1.29, 1.82) is 0 Å². The maximum absolute atomic E-state index is 11.7. The molecule has 0 aromatic carbocycles. The lowest BCUT2D eigenvalue weighted by atomic mass is 9.98. The van der Waals surface area contributed by atoms with Gasteiger partial charge >= 0.3 is 5.97 Å². The first kappa shape index (κ1) is 12.9. The van der Waals surface area contributed by atoms with E-state index in [1.165, 1.54) is 6.42 Å². The van der Waals surface area contributed by atoms with Crippen LogP contribution in [0.1, 0.15) is 50.1 Å². The molecule has 5 heteroatoms. The fourth-order valence-electron chi connectivity index (χ4n) is 2.72. The zero-order valence-electron chi connectivity index (χ0n) is 11.2. The molecule has 2 rings (SSSR count). The Bertz CT molecular complexity index is 441. The van der Waals surface area contributed by atoms with Crippen molar-refractivity contribution >= 4 is 11.8 Å². The van der Waals surface area contributed by atoms with E-state index in [0.29, 0.717) is 30.3 Å². The van der Waals surface area contributed by atoms with Crippen LogP contribution in [-0.4, -0.2) is 22.1 Å². The van der Waals surface area contributed by atoms with Gasteiger partial charge in [-0.3, -0.25) is 0 Å². The fourth-order valence-corrected chi connectivity index (χ4v) is 2.72. The van der Waals surface area contributed by atoms with Gasteiger partial charge in [-0.25, -0.2) is 9.78 Å². The molecule has 1 aromatic heterocycles. The van der Waals surface area contributed by atoms with Gasteiger partial charge in [0.1, 0.15) is 5.82 Å². The highest BCUT2D eigenvalue weighted by atomic mass is 16.5. The molecule has 3 unspecified atom stereocenters. The summed E-state index contributed by atoms with van der Waals surface area (Å²) >= 11 is 0. The van der Waals surface area contributed by atoms with Crippen LogP contribution in [0.3, 0.4) is 0 Å². The number of nitrogen functional groups attached to an aromatic ring is 1. The van der Waals surface area contributed by atoms with Crippen molar-refractivity contribution in [2.75, 3.05) is 12.3 Å². The van der Waals surface area contributed by atoms with Crippen molar-refractivity contribution in [3.8, 4) is 0 Å². The number of rotatable bonds is 3. The Balaban J connectivity index is 2.23. The van der Waals surface area contributed by atoms with E-state index < -0.39 is 5.97 Å². The van der Waals surface area contributed by atoms with Crippen LogP contribution in [0, 0.1) is 11.8 Å². The minimum absolute atomic E-state index is 0.239. The van der Waals surface area contributed by atoms with Gasteiger partial charge in [-0.2, -0.15) is 0 Å². The van der Waals surface area contributed by atoms with Crippen LogP contribution in [0.2, 0.25) is 0 Å². The zero-order chi connectivity index (χ0) is 13.3. The third-order valence-corrected chi connectivity index (χ3v) is 4.08. The summed E-state index contributed by atoms with van der Waals surface area (Å²) in [7, 11) is 0. The molecule has 1 fully saturated rings. The number of ether oxygens (including phenoxy) is 1. The Morgan fingerprint density at radius 3 is 2.83 bits per heavy atom. The Kier molecular flexibility index (Phi) is 3.59. The largest absolute Gasteiger partial charge is 0.461 e. The molecule has 1 aromatic rings. The van der Waals surface area contributed by atoms with Gasteiger partial charge in [-0.1, -0.05) is 13.8 Å². The van der Waals surface area contributed by atoms with Crippen LogP contribution in [0.25, 0.3) is 0 Å². The van der Waals surface area contributed by atoms with Gasteiger partial charge in [0.25, 0.3) is 0 Å². The van der Waals surface area contributed by atoms with Crippen molar-refractivity contribution in [2.45, 2.75) is 39.7 Å². The van der Waals surface area contributed by atoms with Crippen molar-refractivity contribution < 1.29 is 9.53 Å². The topological polar surface area (TPSA) is 70.1 Å². The number of hydrogen-bond donors (Lipinski definition) is 1. The van der Waals surface area contributed by atoms with Crippen molar-refractivity contribution in [3.63, 3.8) is 0 Å². The third-order valence-electron chi connectivity index (χ3n) is 4.08. The molecule has 1 aliphatic rings. The first-order valence-corrected chi connectivity index (χ1v) is 6.55. The summed E-state index contributed by atoms with van der Waals surface area (Å²) in [4.78, 5) is 15.8. The van der Waals surface area contributed by atoms with Crippen LogP contribution in [0.15, 0.2) is 6.33 Å². The summed E-state index contributed by atoms with van der Waals surface area (Å²) in [6.07, 6.45) is 3.95. The van der Waals surface area contributed by atoms with Gasteiger partial charge in [-0.05, 0) is 31.6 Å². The first-order chi connectivity index (χ1) is 8.56. The van der Waals surface area contributed by atoms with E-state index in [2.05, 4.69) is 18.8 Å². The van der Waals surface area contributed by atoms with E-state index in [1.807, 2.05) is 4.57 Å². The van der Waals surface area contributed by atoms with Crippen LogP contribution in [-0.2, 0) is 4.74 Å². The molecule has 1 saturated carbocycles. The van der Waals surface area contributed by atoms with E-state index in [4.69, 9.17) is 10.5 Å². The molecule has 0 radical (unpaired) electrons. The molecule has 18 heavy (non-hydrogen) atoms. The van der Waals surface area contributed by atoms with Crippen LogP contribution in [0.5, 0.6) is 0 Å². The monoisotopic (exact) mass is 251 g/mol. The molecule has 0 bridgehead atoms. The molecule has 2 N–H and O–H groups in total. The Morgan fingerprint density at radius 1 is 1.56 bits per heavy atom. The first-order valence-electron chi connectivity index (χ1n) is 6.55. The summed E-state index contributed by atoms with van der Waals surface area (Å²) in [5.41, 5.74) is 6.26. The van der Waals surface area contributed by atoms with Crippen molar-refractivity contribution in [2.24, 2.45) is 11.8 Å². The van der Waals surface area contributed by atoms with Gasteiger partial charge in [-0.15, -0.1) is 0 Å². The number of nitrogens with zero attached hydrogens (tertiary/aromatic N) is 2. The normalized spacial score (nSPS) is 27.4. The molecule has 0 saturated heterocycles. The number of nitrogens with two attached hydrogens (primary N) is 1. The van der Waals surface area contributed by atoms with E-state index in [0.717, 1.165) is 6.42 Å². The average Bonchev–Trinajstić information content (AvgIpc) is 2.85. The van der Waals surface area contributed by atoms with E-state index in [-0.39, 0.29) is 5.69 Å². The fraction of sp³-hybridized carbons (Fsp3) is 0.692. The molecule has 5 nitrogen and oxygen atoms in total. The highest BCUT2D eigenvalue weighted by molar-refractivity contribution is 5.92. The summed E-state index contributed by atoms with van der Waals surface area (Å²) in [5, 5.41) is 0. The number of imidazole rings is 1. The smallest absolute Gasteiger partial charge is 0.360 e. The summed E-state index contributed by atoms with van der Waals surface area (Å²) in [6.45, 7) is 6.59. The molecule has 0 amide bonds. The third kappa shape index (κ3) is 2.09. The second kappa shape index (κ2) is 5.00. The molecule has 0 spiro atoms. The van der Waals surface area contributed by atoms with Crippen molar-refractivity contribution in [1.82, 2.24) is 9.55 Å². The van der Waals surface area contributed by atoms with Gasteiger partial charge in [0, 0.05) is 6.04 Å². The lowest BCUT2D eigenvalue weighted by Gasteiger charge is -2.20. The molecule has 100 valence electrons. The second-order valence-corrected chi connectivity index (χ2v) is 5.09. The van der Waals surface area contributed by atoms with Gasteiger partial charge in [0.05, 0.1) is 12.9 Å². The van der Waals surface area contributed by atoms with E-state index in [9.17, 15) is 4.79 Å².